The van der Waals surface area contributed by atoms with E-state index in [-0.39, 0.29) is 57.0 Å². The summed E-state index contributed by atoms with van der Waals surface area (Å²) in [5, 5.41) is 131. The van der Waals surface area contributed by atoms with E-state index < -0.39 is 136 Å². The van der Waals surface area contributed by atoms with Gasteiger partial charge in [-0.2, -0.15) is 0 Å². The average molecular weight is 961 g/mol. The Morgan fingerprint density at radius 2 is 1.15 bits per heavy atom. The first-order chi connectivity index (χ1) is 31.4. The molecule has 0 bridgehead atoms. The predicted molar refractivity (Wildman–Crippen MR) is 232 cm³/mol. The second-order valence-electron chi connectivity index (χ2n) is 23.3. The van der Waals surface area contributed by atoms with Gasteiger partial charge in [0.05, 0.1) is 38.1 Å². The van der Waals surface area contributed by atoms with Gasteiger partial charge in [-0.3, -0.25) is 4.79 Å². The van der Waals surface area contributed by atoms with Gasteiger partial charge >= 0.3 is 0 Å². The van der Waals surface area contributed by atoms with Crippen LogP contribution in [0.1, 0.15) is 106 Å². The van der Waals surface area contributed by atoms with Crippen molar-refractivity contribution in [3.05, 3.63) is 0 Å². The third-order valence-electron chi connectivity index (χ3n) is 19.6. The summed E-state index contributed by atoms with van der Waals surface area (Å²) in [7, 11) is 0. The molecule has 0 aromatic carbocycles. The van der Waals surface area contributed by atoms with Crippen molar-refractivity contribution in [1.82, 2.24) is 0 Å². The SMILES string of the molecule is CC(C)C(=O)CC[C@@H](C)[C@H]1[C@@H](O)C[C@@]2(C)[C@@H]3CC[C@@H]4C(C)(C)[C@@H](O[C@@H]5O[C@H](CO)[C@@H](O)[C@H](O)[C@H]5O[C@@H]5O[C@H](CO)[C@@H](O[C@@H]6O[C@H](CO)[C@@H](O)[C@H](O)[C@H]6O)[C@H](O)[C@H]5O)CC[C@@]45C[C@@]35[C@H](O)C[C@]12C. The first kappa shape index (κ1) is 52.3. The van der Waals surface area contributed by atoms with E-state index in [1.165, 1.54) is 0 Å². The summed E-state index contributed by atoms with van der Waals surface area (Å²) >= 11 is 0. The van der Waals surface area contributed by atoms with Crippen LogP contribution >= 0.6 is 0 Å². The lowest BCUT2D eigenvalue weighted by Crippen LogP contribution is -2.67. The molecule has 3 heterocycles. The second-order valence-corrected chi connectivity index (χ2v) is 23.3. The summed E-state index contributed by atoms with van der Waals surface area (Å²) < 4.78 is 36.0. The van der Waals surface area contributed by atoms with Crippen molar-refractivity contribution in [3.63, 3.8) is 0 Å². The molecule has 386 valence electrons. The topological polar surface area (TPSA) is 315 Å². The van der Waals surface area contributed by atoms with Gasteiger partial charge in [0.1, 0.15) is 79.0 Å². The standard InChI is InChI=1S/C48H80O19/c1-20(2)22(52)9-8-21(3)31-23(53)14-45(6)28-11-10-27-44(4,5)30(12-13-47(27)19-48(28,47)29(54)15-46(31,45)7)65-43-40(35(58)33(56)25(17-50)63-43)67-42-38(61)36(59)39(26(18-51)64-42)66-41-37(60)34(57)32(55)24(16-49)62-41/h20-21,23-43,49-51,53-61H,8-19H2,1-7H3/t21-,23+,24-,25-,26-,27-,28+,29-,30+,31+,32-,33-,34+,35+,36-,37-,38-,39-,40-,41+,42+,43+,45+,46-,47-,48+/m1/s1. The van der Waals surface area contributed by atoms with Gasteiger partial charge in [0, 0.05) is 17.8 Å². The van der Waals surface area contributed by atoms with Crippen LogP contribution in [0.15, 0.2) is 0 Å². The van der Waals surface area contributed by atoms with Gasteiger partial charge < -0.3 is 89.7 Å². The summed E-state index contributed by atoms with van der Waals surface area (Å²) in [4.78, 5) is 12.7. The molecule has 8 aliphatic rings. The molecule has 3 aliphatic heterocycles. The van der Waals surface area contributed by atoms with Crippen LogP contribution in [0.5, 0.6) is 0 Å². The molecular formula is C48H80O19. The quantitative estimate of drug-likeness (QED) is 0.0914. The number of aliphatic hydroxyl groups is 12. The van der Waals surface area contributed by atoms with Crippen molar-refractivity contribution in [2.45, 2.75) is 217 Å². The van der Waals surface area contributed by atoms with Crippen molar-refractivity contribution >= 4 is 5.78 Å². The summed E-state index contributed by atoms with van der Waals surface area (Å²) in [5.41, 5.74) is -1.66. The molecule has 67 heavy (non-hydrogen) atoms. The summed E-state index contributed by atoms with van der Waals surface area (Å²) in [6.07, 6.45) is -20.4. The number of ether oxygens (including phenoxy) is 6. The third-order valence-corrected chi connectivity index (χ3v) is 19.6. The molecule has 0 radical (unpaired) electrons. The van der Waals surface area contributed by atoms with E-state index in [2.05, 4.69) is 34.6 Å². The molecule has 8 fully saturated rings. The minimum atomic E-state index is -1.95. The monoisotopic (exact) mass is 961 g/mol. The number of aliphatic hydroxyl groups excluding tert-OH is 12. The van der Waals surface area contributed by atoms with Crippen LogP contribution in [-0.4, -0.2) is 197 Å². The van der Waals surface area contributed by atoms with Crippen molar-refractivity contribution in [2.75, 3.05) is 19.8 Å². The van der Waals surface area contributed by atoms with E-state index in [4.69, 9.17) is 28.4 Å². The fraction of sp³-hybridized carbons (Fsp3) is 0.979. The highest BCUT2D eigenvalue weighted by Gasteiger charge is 2.85. The number of carbonyl (C=O) groups excluding carboxylic acids is 1. The van der Waals surface area contributed by atoms with Crippen LogP contribution in [0.3, 0.4) is 0 Å². The number of fused-ring (bicyclic) bond motifs is 2. The van der Waals surface area contributed by atoms with E-state index in [9.17, 15) is 66.1 Å². The lowest BCUT2D eigenvalue weighted by atomic mass is 9.41. The number of rotatable bonds is 14. The van der Waals surface area contributed by atoms with Crippen molar-refractivity contribution in [3.8, 4) is 0 Å². The number of hydrogen-bond acceptors (Lipinski definition) is 19. The molecule has 0 aromatic rings. The Morgan fingerprint density at radius 3 is 1.76 bits per heavy atom. The molecular weight excluding hydrogens is 881 g/mol. The minimum Gasteiger partial charge on any atom is -0.394 e. The smallest absolute Gasteiger partial charge is 0.187 e. The van der Waals surface area contributed by atoms with Crippen LogP contribution in [0.2, 0.25) is 0 Å². The Kier molecular flexibility index (Phi) is 14.6. The van der Waals surface area contributed by atoms with E-state index in [1.54, 1.807) is 0 Å². The van der Waals surface area contributed by atoms with E-state index in [1.807, 2.05) is 13.8 Å². The Balaban J connectivity index is 0.983. The highest BCUT2D eigenvalue weighted by Crippen LogP contribution is 2.89. The van der Waals surface area contributed by atoms with Crippen molar-refractivity contribution in [2.24, 2.45) is 56.7 Å². The van der Waals surface area contributed by atoms with E-state index in [0.717, 1.165) is 25.7 Å². The summed E-state index contributed by atoms with van der Waals surface area (Å²) in [6.45, 7) is 12.6. The van der Waals surface area contributed by atoms with Crippen molar-refractivity contribution in [1.29, 1.82) is 0 Å². The lowest BCUT2D eigenvalue weighted by molar-refractivity contribution is -0.390. The fourth-order valence-electron chi connectivity index (χ4n) is 15.9. The van der Waals surface area contributed by atoms with Gasteiger partial charge in [-0.25, -0.2) is 0 Å². The summed E-state index contributed by atoms with van der Waals surface area (Å²) in [5.74, 6) is 0.503. The van der Waals surface area contributed by atoms with Crippen LogP contribution in [0.4, 0.5) is 0 Å². The molecule has 0 amide bonds. The zero-order chi connectivity index (χ0) is 49.1. The van der Waals surface area contributed by atoms with Gasteiger partial charge in [-0.15, -0.1) is 0 Å². The molecule has 0 unspecified atom stereocenters. The number of Topliss-reactive ketones (excluding diaryl/α,β-unsaturated/α-hetero) is 1. The molecule has 26 atom stereocenters. The van der Waals surface area contributed by atoms with Gasteiger partial charge in [0.15, 0.2) is 18.9 Å². The maximum absolute atomic E-state index is 12.7. The Labute approximate surface area is 392 Å². The first-order valence-corrected chi connectivity index (χ1v) is 24.8. The number of ketones is 1. The minimum absolute atomic E-state index is 0.0405. The zero-order valence-corrected chi connectivity index (χ0v) is 40.0. The molecule has 19 heteroatoms. The Bertz CT molecular complexity index is 1750. The molecule has 12 N–H and O–H groups in total. The van der Waals surface area contributed by atoms with Crippen LogP contribution in [0, 0.1) is 56.7 Å². The van der Waals surface area contributed by atoms with Gasteiger partial charge in [0.2, 0.25) is 0 Å². The maximum atomic E-state index is 12.7. The number of carbonyl (C=O) groups is 1. The van der Waals surface area contributed by atoms with E-state index in [0.29, 0.717) is 32.1 Å². The normalized spacial score (nSPS) is 54.1. The molecule has 8 rings (SSSR count). The molecule has 2 spiro atoms. The van der Waals surface area contributed by atoms with Gasteiger partial charge in [-0.1, -0.05) is 48.5 Å². The molecule has 0 aromatic heterocycles. The van der Waals surface area contributed by atoms with Gasteiger partial charge in [0.25, 0.3) is 0 Å². The first-order valence-electron chi connectivity index (χ1n) is 24.8. The Morgan fingerprint density at radius 1 is 0.612 bits per heavy atom. The second kappa shape index (κ2) is 18.8. The lowest BCUT2D eigenvalue weighted by Gasteiger charge is -2.64. The summed E-state index contributed by atoms with van der Waals surface area (Å²) in [6, 6.07) is 0. The van der Waals surface area contributed by atoms with E-state index >= 15 is 0 Å². The molecule has 19 nitrogen and oxygen atoms in total. The molecule has 5 aliphatic carbocycles. The number of hydrogen-bond donors (Lipinski definition) is 12. The fourth-order valence-corrected chi connectivity index (χ4v) is 15.9. The largest absolute Gasteiger partial charge is 0.394 e. The maximum Gasteiger partial charge on any atom is 0.187 e. The molecule has 5 saturated carbocycles. The zero-order valence-electron chi connectivity index (χ0n) is 40.0. The Hall–Kier alpha value is -1.05. The van der Waals surface area contributed by atoms with Crippen LogP contribution in [0.25, 0.3) is 0 Å². The molecule has 3 saturated heterocycles. The van der Waals surface area contributed by atoms with Gasteiger partial charge in [-0.05, 0) is 96.7 Å². The highest BCUT2D eigenvalue weighted by atomic mass is 16.8. The van der Waals surface area contributed by atoms with Crippen LogP contribution < -0.4 is 0 Å². The van der Waals surface area contributed by atoms with Crippen LogP contribution in [-0.2, 0) is 33.2 Å². The average Bonchev–Trinajstić information content (AvgIpc) is 3.92. The predicted octanol–water partition coefficient (Wildman–Crippen LogP) is -1.16. The van der Waals surface area contributed by atoms with Crippen molar-refractivity contribution < 1.29 is 94.5 Å². The third kappa shape index (κ3) is 8.04. The highest BCUT2D eigenvalue weighted by molar-refractivity contribution is 5.80.